The lowest BCUT2D eigenvalue weighted by Crippen LogP contribution is -2.30. The second-order valence-electron chi connectivity index (χ2n) is 6.20. The molecule has 7 heteroatoms. The third-order valence-corrected chi connectivity index (χ3v) is 4.93. The van der Waals surface area contributed by atoms with E-state index >= 15 is 0 Å². The summed E-state index contributed by atoms with van der Waals surface area (Å²) in [6.45, 7) is 1.52. The molecular formula is C19H15BrFN3O2. The Labute approximate surface area is 158 Å². The minimum Gasteiger partial charge on any atom is -0.337 e. The van der Waals surface area contributed by atoms with Gasteiger partial charge in [0.2, 0.25) is 11.8 Å². The Hall–Kier alpha value is -2.54. The summed E-state index contributed by atoms with van der Waals surface area (Å²) >= 11 is 3.33. The van der Waals surface area contributed by atoms with Crippen molar-refractivity contribution < 1.29 is 13.7 Å². The maximum atomic E-state index is 14.0. The van der Waals surface area contributed by atoms with Gasteiger partial charge in [-0.15, -0.1) is 0 Å². The first-order valence-corrected chi connectivity index (χ1v) is 8.96. The molecule has 0 spiro atoms. The first kappa shape index (κ1) is 16.9. The molecule has 26 heavy (non-hydrogen) atoms. The van der Waals surface area contributed by atoms with Crippen molar-refractivity contribution in [3.8, 4) is 0 Å². The summed E-state index contributed by atoms with van der Waals surface area (Å²) in [4.78, 5) is 18.2. The normalized spacial score (nSPS) is 16.0. The number of hydrogen-bond donors (Lipinski definition) is 0. The van der Waals surface area contributed by atoms with E-state index in [0.717, 1.165) is 15.7 Å². The smallest absolute Gasteiger partial charge is 0.250 e. The minimum absolute atomic E-state index is 0.0854. The number of hydrogen-bond acceptors (Lipinski definition) is 4. The molecule has 2 aromatic carbocycles. The summed E-state index contributed by atoms with van der Waals surface area (Å²) in [5, 5.41) is 3.98. The van der Waals surface area contributed by atoms with Crippen LogP contribution in [-0.2, 0) is 17.6 Å². The van der Waals surface area contributed by atoms with Crippen molar-refractivity contribution in [3.63, 3.8) is 0 Å². The molecule has 1 aliphatic rings. The molecule has 5 nitrogen and oxygen atoms in total. The molecule has 0 saturated carbocycles. The average Bonchev–Trinajstić information content (AvgIpc) is 3.22. The molecule has 0 fully saturated rings. The van der Waals surface area contributed by atoms with Gasteiger partial charge in [0.1, 0.15) is 11.9 Å². The fourth-order valence-electron chi connectivity index (χ4n) is 3.30. The Morgan fingerprint density at radius 2 is 2.15 bits per heavy atom. The molecule has 0 radical (unpaired) electrons. The van der Waals surface area contributed by atoms with Crippen LogP contribution in [0.1, 0.15) is 35.8 Å². The van der Waals surface area contributed by atoms with E-state index in [1.165, 1.54) is 13.0 Å². The molecule has 0 aliphatic carbocycles. The summed E-state index contributed by atoms with van der Waals surface area (Å²) in [6.07, 6.45) is 0.831. The van der Waals surface area contributed by atoms with Gasteiger partial charge in [0.15, 0.2) is 5.82 Å². The largest absolute Gasteiger partial charge is 0.337 e. The standard InChI is InChI=1S/C19H15BrFN3O2/c1-11(25)24-16-5-3-2-4-12(16)9-17(24)19-22-18(23-26-19)10-13-8-14(20)6-7-15(13)21/h2-8,17H,9-10H2,1H3/t17-/m0/s1. The zero-order valence-electron chi connectivity index (χ0n) is 13.9. The molecule has 132 valence electrons. The molecule has 0 bridgehead atoms. The van der Waals surface area contributed by atoms with E-state index < -0.39 is 0 Å². The molecule has 0 N–H and O–H groups in total. The number of aromatic nitrogens is 2. The molecule has 3 aromatic rings. The van der Waals surface area contributed by atoms with Gasteiger partial charge in [0.25, 0.3) is 0 Å². The number of anilines is 1. The Bertz CT molecular complexity index is 988. The zero-order chi connectivity index (χ0) is 18.3. The van der Waals surface area contributed by atoms with Gasteiger partial charge in [0, 0.05) is 29.9 Å². The highest BCUT2D eigenvalue weighted by Gasteiger charge is 2.36. The van der Waals surface area contributed by atoms with E-state index in [2.05, 4.69) is 26.1 Å². The van der Waals surface area contributed by atoms with Crippen LogP contribution in [0.5, 0.6) is 0 Å². The van der Waals surface area contributed by atoms with Gasteiger partial charge in [-0.1, -0.05) is 39.3 Å². The van der Waals surface area contributed by atoms with Crippen LogP contribution >= 0.6 is 15.9 Å². The van der Waals surface area contributed by atoms with E-state index in [1.807, 2.05) is 24.3 Å². The van der Waals surface area contributed by atoms with E-state index in [9.17, 15) is 9.18 Å². The summed E-state index contributed by atoms with van der Waals surface area (Å²) in [7, 11) is 0. The van der Waals surface area contributed by atoms with Crippen molar-refractivity contribution >= 4 is 27.5 Å². The number of carbonyl (C=O) groups excluding carboxylic acids is 1. The van der Waals surface area contributed by atoms with Crippen molar-refractivity contribution in [2.75, 3.05) is 4.90 Å². The van der Waals surface area contributed by atoms with Crippen LogP contribution < -0.4 is 4.90 Å². The summed E-state index contributed by atoms with van der Waals surface area (Å²) in [5.41, 5.74) is 2.40. The second kappa shape index (κ2) is 6.64. The third kappa shape index (κ3) is 3.03. The Kier molecular flexibility index (Phi) is 4.32. The van der Waals surface area contributed by atoms with Crippen LogP contribution in [-0.4, -0.2) is 16.0 Å². The Morgan fingerprint density at radius 3 is 2.96 bits per heavy atom. The van der Waals surface area contributed by atoms with E-state index in [1.54, 1.807) is 17.0 Å². The zero-order valence-corrected chi connectivity index (χ0v) is 15.5. The number of halogens is 2. The van der Waals surface area contributed by atoms with Gasteiger partial charge in [0.05, 0.1) is 0 Å². The van der Waals surface area contributed by atoms with Gasteiger partial charge in [-0.25, -0.2) is 4.39 Å². The van der Waals surface area contributed by atoms with Crippen LogP contribution in [0.15, 0.2) is 51.5 Å². The maximum Gasteiger partial charge on any atom is 0.250 e. The predicted molar refractivity (Wildman–Crippen MR) is 97.3 cm³/mol. The van der Waals surface area contributed by atoms with Crippen LogP contribution in [0.3, 0.4) is 0 Å². The van der Waals surface area contributed by atoms with Crippen molar-refractivity contribution in [1.29, 1.82) is 0 Å². The van der Waals surface area contributed by atoms with Gasteiger partial charge in [-0.05, 0) is 35.4 Å². The number of benzene rings is 2. The van der Waals surface area contributed by atoms with E-state index in [4.69, 9.17) is 4.52 Å². The van der Waals surface area contributed by atoms with E-state index in [-0.39, 0.29) is 24.2 Å². The molecule has 1 atom stereocenters. The molecule has 4 rings (SSSR count). The topological polar surface area (TPSA) is 59.2 Å². The third-order valence-electron chi connectivity index (χ3n) is 4.44. The number of para-hydroxylation sites is 1. The summed E-state index contributed by atoms with van der Waals surface area (Å²) in [6, 6.07) is 12.1. The average molecular weight is 416 g/mol. The lowest BCUT2D eigenvalue weighted by molar-refractivity contribution is -0.117. The Morgan fingerprint density at radius 1 is 1.35 bits per heavy atom. The minimum atomic E-state index is -0.335. The molecule has 1 aliphatic heterocycles. The Balaban J connectivity index is 1.62. The molecule has 0 saturated heterocycles. The maximum absolute atomic E-state index is 14.0. The number of fused-ring (bicyclic) bond motifs is 1. The van der Waals surface area contributed by atoms with Crippen LogP contribution in [0.4, 0.5) is 10.1 Å². The molecular weight excluding hydrogens is 401 g/mol. The van der Waals surface area contributed by atoms with Gasteiger partial charge >= 0.3 is 0 Å². The highest BCUT2D eigenvalue weighted by atomic mass is 79.9. The number of nitrogens with zero attached hydrogens (tertiary/aromatic N) is 3. The number of rotatable bonds is 3. The number of amides is 1. The van der Waals surface area contributed by atoms with E-state index in [0.29, 0.717) is 23.7 Å². The predicted octanol–water partition coefficient (Wildman–Crippen LogP) is 4.21. The van der Waals surface area contributed by atoms with Crippen molar-refractivity contribution in [3.05, 3.63) is 75.6 Å². The first-order chi connectivity index (χ1) is 12.5. The van der Waals surface area contributed by atoms with Crippen molar-refractivity contribution in [1.82, 2.24) is 10.1 Å². The summed E-state index contributed by atoms with van der Waals surface area (Å²) in [5.74, 6) is 0.342. The molecule has 1 amide bonds. The van der Waals surface area contributed by atoms with Crippen LogP contribution in [0.2, 0.25) is 0 Å². The highest BCUT2D eigenvalue weighted by Crippen LogP contribution is 2.39. The lowest BCUT2D eigenvalue weighted by atomic mass is 10.1. The quantitative estimate of drug-likeness (QED) is 0.642. The van der Waals surface area contributed by atoms with Gasteiger partial charge in [-0.3, -0.25) is 9.69 Å². The number of carbonyl (C=O) groups is 1. The first-order valence-electron chi connectivity index (χ1n) is 8.17. The molecule has 2 heterocycles. The van der Waals surface area contributed by atoms with Crippen LogP contribution in [0.25, 0.3) is 0 Å². The summed E-state index contributed by atoms with van der Waals surface area (Å²) < 4.78 is 20.1. The second-order valence-corrected chi connectivity index (χ2v) is 7.11. The lowest BCUT2D eigenvalue weighted by Gasteiger charge is -2.21. The highest BCUT2D eigenvalue weighted by molar-refractivity contribution is 9.10. The monoisotopic (exact) mass is 415 g/mol. The molecule has 0 unspecified atom stereocenters. The van der Waals surface area contributed by atoms with Crippen molar-refractivity contribution in [2.45, 2.75) is 25.8 Å². The van der Waals surface area contributed by atoms with Gasteiger partial charge in [-0.2, -0.15) is 4.98 Å². The fourth-order valence-corrected chi connectivity index (χ4v) is 3.71. The van der Waals surface area contributed by atoms with Crippen molar-refractivity contribution in [2.24, 2.45) is 0 Å². The van der Waals surface area contributed by atoms with Gasteiger partial charge < -0.3 is 4.52 Å². The SMILES string of the molecule is CC(=O)N1c2ccccc2C[C@H]1c1nc(Cc2cc(Br)ccc2F)no1. The van der Waals surface area contributed by atoms with Crippen LogP contribution in [0, 0.1) is 5.82 Å². The molecule has 1 aromatic heterocycles. The fraction of sp³-hybridized carbons (Fsp3) is 0.211.